The minimum absolute atomic E-state index is 0.267. The van der Waals surface area contributed by atoms with Crippen molar-refractivity contribution in [3.05, 3.63) is 5.82 Å². The second kappa shape index (κ2) is 5.16. The van der Waals surface area contributed by atoms with Crippen molar-refractivity contribution in [2.45, 2.75) is 63.7 Å². The summed E-state index contributed by atoms with van der Waals surface area (Å²) in [6.07, 6.45) is 10.7. The molecule has 5 nitrogen and oxygen atoms in total. The van der Waals surface area contributed by atoms with Crippen molar-refractivity contribution in [1.82, 2.24) is 19.8 Å². The highest BCUT2D eigenvalue weighted by molar-refractivity contribution is 7.20. The average Bonchev–Trinajstić information content (AvgIpc) is 3.05. The third-order valence-electron chi connectivity index (χ3n) is 6.31. The second-order valence-corrected chi connectivity index (χ2v) is 9.06. The highest BCUT2D eigenvalue weighted by atomic mass is 32.1. The van der Waals surface area contributed by atoms with Crippen LogP contribution in [0.5, 0.6) is 0 Å². The summed E-state index contributed by atoms with van der Waals surface area (Å²) in [5.74, 6) is 3.93. The Hall–Kier alpha value is -1.17. The van der Waals surface area contributed by atoms with E-state index in [9.17, 15) is 0 Å². The fraction of sp³-hybridized carbons (Fsp3) is 0.824. The summed E-state index contributed by atoms with van der Waals surface area (Å²) in [4.78, 5) is 0.953. The van der Waals surface area contributed by atoms with Crippen molar-refractivity contribution in [1.29, 1.82) is 0 Å². The lowest BCUT2D eigenvalue weighted by Gasteiger charge is -2.55. The van der Waals surface area contributed by atoms with Gasteiger partial charge in [0.05, 0.1) is 0 Å². The Balaban J connectivity index is 1.48. The topological polar surface area (TPSA) is 55.1 Å². The minimum Gasteiger partial charge on any atom is -0.360 e. The van der Waals surface area contributed by atoms with Crippen molar-refractivity contribution in [3.63, 3.8) is 0 Å². The molecule has 6 heteroatoms. The first kappa shape index (κ1) is 14.2. The van der Waals surface area contributed by atoms with E-state index in [1.165, 1.54) is 51.4 Å². The molecule has 0 atom stereocenters. The molecule has 4 aliphatic carbocycles. The molecule has 0 unspecified atom stereocenters. The molecule has 4 saturated carbocycles. The second-order valence-electron chi connectivity index (χ2n) is 8.10. The van der Waals surface area contributed by atoms with Gasteiger partial charge in [0.25, 0.3) is 0 Å². The summed E-state index contributed by atoms with van der Waals surface area (Å²) in [7, 11) is 0. The predicted octanol–water partition coefficient (Wildman–Crippen LogP) is 3.87. The molecule has 0 radical (unpaired) electrons. The third kappa shape index (κ3) is 2.21. The maximum Gasteiger partial charge on any atom is 0.236 e. The molecule has 0 saturated heterocycles. The van der Waals surface area contributed by atoms with Crippen molar-refractivity contribution in [2.24, 2.45) is 17.8 Å². The van der Waals surface area contributed by atoms with E-state index in [1.54, 1.807) is 11.3 Å². The molecule has 1 N–H and O–H groups in total. The van der Waals surface area contributed by atoms with Crippen LogP contribution in [-0.2, 0) is 5.41 Å². The highest BCUT2D eigenvalue weighted by Crippen LogP contribution is 2.60. The van der Waals surface area contributed by atoms with Crippen molar-refractivity contribution in [3.8, 4) is 0 Å². The fourth-order valence-corrected chi connectivity index (χ4v) is 6.54. The van der Waals surface area contributed by atoms with E-state index < -0.39 is 0 Å². The number of hydrogen-bond acceptors (Lipinski definition) is 5. The maximum absolute atomic E-state index is 4.80. The predicted molar refractivity (Wildman–Crippen MR) is 91.9 cm³/mol. The van der Waals surface area contributed by atoms with Gasteiger partial charge in [-0.3, -0.25) is 0 Å². The first-order valence-corrected chi connectivity index (χ1v) is 10.0. The van der Waals surface area contributed by atoms with Gasteiger partial charge in [0, 0.05) is 12.0 Å². The summed E-state index contributed by atoms with van der Waals surface area (Å²) in [6, 6.07) is 0. The first-order chi connectivity index (χ1) is 11.3. The summed E-state index contributed by atoms with van der Waals surface area (Å²) >= 11 is 1.64. The lowest BCUT2D eigenvalue weighted by Crippen LogP contribution is -2.49. The van der Waals surface area contributed by atoms with Crippen LogP contribution in [0.1, 0.15) is 64.1 Å². The van der Waals surface area contributed by atoms with Gasteiger partial charge in [-0.25, -0.2) is 0 Å². The Morgan fingerprint density at radius 1 is 1.13 bits per heavy atom. The fourth-order valence-electron chi connectivity index (χ4n) is 5.78. The summed E-state index contributed by atoms with van der Waals surface area (Å²) in [6.45, 7) is 3.21. The van der Waals surface area contributed by atoms with Crippen LogP contribution in [0, 0.1) is 17.8 Å². The number of rotatable bonds is 5. The molecule has 2 aromatic heterocycles. The molecule has 23 heavy (non-hydrogen) atoms. The molecule has 2 aromatic rings. The van der Waals surface area contributed by atoms with Gasteiger partial charge < -0.3 is 5.32 Å². The van der Waals surface area contributed by atoms with Gasteiger partial charge in [0.1, 0.15) is 0 Å². The first-order valence-electron chi connectivity index (χ1n) is 9.22. The van der Waals surface area contributed by atoms with Crippen LogP contribution >= 0.6 is 11.3 Å². The SMILES string of the molecule is CCCCNc1nn2c(C34CC5CC(CC(C5)C3)C4)nnc2s1. The molecule has 124 valence electrons. The van der Waals surface area contributed by atoms with Gasteiger partial charge in [0.15, 0.2) is 5.82 Å². The van der Waals surface area contributed by atoms with E-state index >= 15 is 0 Å². The number of nitrogens with one attached hydrogen (secondary N) is 1. The lowest BCUT2D eigenvalue weighted by molar-refractivity contribution is -0.0103. The smallest absolute Gasteiger partial charge is 0.236 e. The van der Waals surface area contributed by atoms with Gasteiger partial charge in [0.2, 0.25) is 10.1 Å². The van der Waals surface area contributed by atoms with Crippen LogP contribution < -0.4 is 5.32 Å². The Labute approximate surface area is 140 Å². The average molecular weight is 331 g/mol. The van der Waals surface area contributed by atoms with Gasteiger partial charge in [-0.15, -0.1) is 15.3 Å². The number of anilines is 1. The molecular formula is C17H25N5S. The van der Waals surface area contributed by atoms with E-state index in [-0.39, 0.29) is 5.41 Å². The van der Waals surface area contributed by atoms with E-state index in [0.717, 1.165) is 40.2 Å². The summed E-state index contributed by atoms with van der Waals surface area (Å²) in [5, 5.41) is 18.3. The molecule has 0 amide bonds. The quantitative estimate of drug-likeness (QED) is 0.845. The molecular weight excluding hydrogens is 306 g/mol. The Bertz CT molecular complexity index is 682. The van der Waals surface area contributed by atoms with Crippen LogP contribution in [0.15, 0.2) is 0 Å². The molecule has 6 rings (SSSR count). The van der Waals surface area contributed by atoms with E-state index in [0.29, 0.717) is 0 Å². The Morgan fingerprint density at radius 3 is 2.48 bits per heavy atom. The number of nitrogens with zero attached hydrogens (tertiary/aromatic N) is 4. The number of unbranched alkanes of at least 4 members (excludes halogenated alkanes) is 1. The van der Waals surface area contributed by atoms with Crippen LogP contribution in [-0.4, -0.2) is 26.4 Å². The van der Waals surface area contributed by atoms with E-state index in [4.69, 9.17) is 5.10 Å². The van der Waals surface area contributed by atoms with Crippen molar-refractivity contribution in [2.75, 3.05) is 11.9 Å². The molecule has 0 aromatic carbocycles. The number of aromatic nitrogens is 4. The maximum atomic E-state index is 4.80. The summed E-state index contributed by atoms with van der Waals surface area (Å²) in [5.41, 5.74) is 0.267. The van der Waals surface area contributed by atoms with Crippen LogP contribution in [0.25, 0.3) is 4.96 Å². The van der Waals surface area contributed by atoms with Crippen molar-refractivity contribution < 1.29 is 0 Å². The third-order valence-corrected chi connectivity index (χ3v) is 7.17. The van der Waals surface area contributed by atoms with Gasteiger partial charge in [-0.2, -0.15) is 4.52 Å². The van der Waals surface area contributed by atoms with Crippen LogP contribution in [0.4, 0.5) is 5.13 Å². The molecule has 2 heterocycles. The van der Waals surface area contributed by atoms with Gasteiger partial charge >= 0.3 is 0 Å². The number of fused-ring (bicyclic) bond motifs is 1. The normalized spacial score (nSPS) is 35.3. The zero-order chi connectivity index (χ0) is 15.4. The van der Waals surface area contributed by atoms with Crippen molar-refractivity contribution >= 4 is 21.4 Å². The molecule has 4 bridgehead atoms. The van der Waals surface area contributed by atoms with Crippen LogP contribution in [0.3, 0.4) is 0 Å². The van der Waals surface area contributed by atoms with Gasteiger partial charge in [-0.1, -0.05) is 24.7 Å². The molecule has 0 aliphatic heterocycles. The zero-order valence-electron chi connectivity index (χ0n) is 13.8. The number of hydrogen-bond donors (Lipinski definition) is 1. The van der Waals surface area contributed by atoms with E-state index in [2.05, 4.69) is 27.0 Å². The van der Waals surface area contributed by atoms with Gasteiger partial charge in [-0.05, 0) is 62.7 Å². The summed E-state index contributed by atoms with van der Waals surface area (Å²) < 4.78 is 2.06. The molecule has 4 fully saturated rings. The monoisotopic (exact) mass is 331 g/mol. The Morgan fingerprint density at radius 2 is 1.83 bits per heavy atom. The highest BCUT2D eigenvalue weighted by Gasteiger charge is 2.54. The standard InChI is InChI=1S/C17H25N5S/c1-2-3-4-18-15-21-22-14(19-20-16(22)23-15)17-8-11-5-12(9-17)7-13(6-11)10-17/h11-13H,2-10H2,1H3,(H,18,21). The zero-order valence-corrected chi connectivity index (χ0v) is 14.6. The lowest BCUT2D eigenvalue weighted by atomic mass is 9.49. The molecule has 0 spiro atoms. The molecule has 4 aliphatic rings. The van der Waals surface area contributed by atoms with Crippen LogP contribution in [0.2, 0.25) is 0 Å². The Kier molecular flexibility index (Phi) is 3.19. The minimum atomic E-state index is 0.267. The largest absolute Gasteiger partial charge is 0.360 e. The van der Waals surface area contributed by atoms with E-state index in [1.807, 2.05) is 0 Å².